The lowest BCUT2D eigenvalue weighted by Crippen LogP contribution is -2.29. The van der Waals surface area contributed by atoms with Crippen molar-refractivity contribution < 1.29 is 19.4 Å². The fourth-order valence-electron chi connectivity index (χ4n) is 1.95. The van der Waals surface area contributed by atoms with E-state index in [9.17, 15) is 9.90 Å². The van der Waals surface area contributed by atoms with Gasteiger partial charge in [0.15, 0.2) is 6.10 Å². The average molecular weight is 286 g/mol. The van der Waals surface area contributed by atoms with Crippen LogP contribution in [0.4, 0.5) is 0 Å². The van der Waals surface area contributed by atoms with Crippen LogP contribution in [0.25, 0.3) is 0 Å². The lowest BCUT2D eigenvalue weighted by Gasteiger charge is -2.15. The second kappa shape index (κ2) is 7.33. The Bertz CT molecular complexity index is 563. The van der Waals surface area contributed by atoms with Gasteiger partial charge in [0.2, 0.25) is 0 Å². The zero-order valence-corrected chi connectivity index (χ0v) is 11.9. The predicted molar refractivity (Wildman–Crippen MR) is 79.8 cm³/mol. The number of carboxylic acids is 1. The third-order valence-electron chi connectivity index (χ3n) is 2.95. The molecule has 110 valence electrons. The Morgan fingerprint density at radius 3 is 2.29 bits per heavy atom. The van der Waals surface area contributed by atoms with Crippen molar-refractivity contribution in [2.45, 2.75) is 19.4 Å². The minimum absolute atomic E-state index is 0.302. The molecule has 4 heteroatoms. The molecule has 0 heterocycles. The van der Waals surface area contributed by atoms with Crippen molar-refractivity contribution in [2.24, 2.45) is 0 Å². The van der Waals surface area contributed by atoms with E-state index in [1.807, 2.05) is 49.4 Å². The standard InChI is InChI=1S/C17H18O4/c1-2-20-14-10-8-13(9-11-14)12-16(17(18)19)21-15-6-4-3-5-7-15/h3-11,16H,2,12H2,1H3,(H,18,19). The molecule has 1 unspecified atom stereocenters. The molecule has 0 radical (unpaired) electrons. The van der Waals surface area contributed by atoms with E-state index in [4.69, 9.17) is 9.47 Å². The molecule has 0 bridgehead atoms. The lowest BCUT2D eigenvalue weighted by atomic mass is 10.1. The number of hydrogen-bond acceptors (Lipinski definition) is 3. The van der Waals surface area contributed by atoms with E-state index in [2.05, 4.69) is 0 Å². The molecular weight excluding hydrogens is 268 g/mol. The van der Waals surface area contributed by atoms with E-state index >= 15 is 0 Å². The molecule has 4 nitrogen and oxygen atoms in total. The van der Waals surface area contributed by atoms with Gasteiger partial charge in [0.05, 0.1) is 6.61 Å². The Balaban J connectivity index is 2.04. The van der Waals surface area contributed by atoms with Crippen LogP contribution >= 0.6 is 0 Å². The first-order valence-corrected chi connectivity index (χ1v) is 6.85. The highest BCUT2D eigenvalue weighted by Crippen LogP contribution is 2.17. The van der Waals surface area contributed by atoms with Crippen LogP contribution < -0.4 is 9.47 Å². The van der Waals surface area contributed by atoms with Gasteiger partial charge in [-0.1, -0.05) is 30.3 Å². The molecule has 0 fully saturated rings. The highest BCUT2D eigenvalue weighted by Gasteiger charge is 2.20. The van der Waals surface area contributed by atoms with Gasteiger partial charge in [0.25, 0.3) is 0 Å². The predicted octanol–water partition coefficient (Wildman–Crippen LogP) is 3.16. The highest BCUT2D eigenvalue weighted by molar-refractivity contribution is 5.73. The molecular formula is C17H18O4. The van der Waals surface area contributed by atoms with E-state index in [1.54, 1.807) is 12.1 Å². The van der Waals surface area contributed by atoms with Crippen LogP contribution in [0.3, 0.4) is 0 Å². The summed E-state index contributed by atoms with van der Waals surface area (Å²) in [5, 5.41) is 9.29. The van der Waals surface area contributed by atoms with E-state index in [0.717, 1.165) is 11.3 Å². The van der Waals surface area contributed by atoms with E-state index in [1.165, 1.54) is 0 Å². The second-order valence-electron chi connectivity index (χ2n) is 4.54. The lowest BCUT2D eigenvalue weighted by molar-refractivity contribution is -0.145. The molecule has 0 aliphatic carbocycles. The summed E-state index contributed by atoms with van der Waals surface area (Å²) < 4.78 is 10.9. The van der Waals surface area contributed by atoms with Crippen LogP contribution in [0.1, 0.15) is 12.5 Å². The number of hydrogen-bond donors (Lipinski definition) is 1. The van der Waals surface area contributed by atoms with Gasteiger partial charge in [-0.15, -0.1) is 0 Å². The number of rotatable bonds is 7. The molecule has 0 amide bonds. The molecule has 2 aromatic carbocycles. The number of benzene rings is 2. The fourth-order valence-corrected chi connectivity index (χ4v) is 1.95. The van der Waals surface area contributed by atoms with Crippen molar-refractivity contribution in [3.8, 4) is 11.5 Å². The van der Waals surface area contributed by atoms with Crippen LogP contribution in [0.2, 0.25) is 0 Å². The largest absolute Gasteiger partial charge is 0.494 e. The Hall–Kier alpha value is -2.49. The smallest absolute Gasteiger partial charge is 0.345 e. The molecule has 0 spiro atoms. The van der Waals surface area contributed by atoms with E-state index in [0.29, 0.717) is 18.8 Å². The maximum atomic E-state index is 11.3. The van der Waals surface area contributed by atoms with Gasteiger partial charge in [-0.3, -0.25) is 0 Å². The summed E-state index contributed by atoms with van der Waals surface area (Å²) in [6.45, 7) is 2.52. The SMILES string of the molecule is CCOc1ccc(CC(Oc2ccccc2)C(=O)O)cc1. The minimum Gasteiger partial charge on any atom is -0.494 e. The normalized spacial score (nSPS) is 11.7. The zero-order chi connectivity index (χ0) is 15.1. The quantitative estimate of drug-likeness (QED) is 0.849. The van der Waals surface area contributed by atoms with Gasteiger partial charge < -0.3 is 14.6 Å². The maximum absolute atomic E-state index is 11.3. The summed E-state index contributed by atoms with van der Waals surface area (Å²) in [7, 11) is 0. The molecule has 0 saturated heterocycles. The Labute approximate surface area is 123 Å². The van der Waals surface area contributed by atoms with Crippen molar-refractivity contribution >= 4 is 5.97 Å². The van der Waals surface area contributed by atoms with Gasteiger partial charge in [-0.25, -0.2) is 4.79 Å². The molecule has 1 atom stereocenters. The first kappa shape index (κ1) is 14.9. The molecule has 0 aliphatic heterocycles. The van der Waals surface area contributed by atoms with Crippen molar-refractivity contribution in [1.29, 1.82) is 0 Å². The third-order valence-corrected chi connectivity index (χ3v) is 2.95. The summed E-state index contributed by atoms with van der Waals surface area (Å²) >= 11 is 0. The molecule has 0 aromatic heterocycles. The van der Waals surface area contributed by atoms with Crippen molar-refractivity contribution in [2.75, 3.05) is 6.61 Å². The Kier molecular flexibility index (Phi) is 5.21. The van der Waals surface area contributed by atoms with Gasteiger partial charge in [0.1, 0.15) is 11.5 Å². The summed E-state index contributed by atoms with van der Waals surface area (Å²) in [6, 6.07) is 16.3. The van der Waals surface area contributed by atoms with Gasteiger partial charge in [-0.05, 0) is 36.8 Å². The monoisotopic (exact) mass is 286 g/mol. The van der Waals surface area contributed by atoms with Gasteiger partial charge in [0, 0.05) is 6.42 Å². The van der Waals surface area contributed by atoms with Gasteiger partial charge >= 0.3 is 5.97 Å². The summed E-state index contributed by atoms with van der Waals surface area (Å²) in [5.41, 5.74) is 0.891. The first-order valence-electron chi connectivity index (χ1n) is 6.85. The van der Waals surface area contributed by atoms with E-state index < -0.39 is 12.1 Å². The zero-order valence-electron chi connectivity index (χ0n) is 11.9. The number of aliphatic carboxylic acids is 1. The molecule has 0 aliphatic rings. The first-order chi connectivity index (χ1) is 10.2. The Morgan fingerprint density at radius 2 is 1.71 bits per heavy atom. The van der Waals surface area contributed by atoms with Crippen LogP contribution in [0.15, 0.2) is 54.6 Å². The van der Waals surface area contributed by atoms with Gasteiger partial charge in [-0.2, -0.15) is 0 Å². The highest BCUT2D eigenvalue weighted by atomic mass is 16.5. The van der Waals surface area contributed by atoms with E-state index in [-0.39, 0.29) is 0 Å². The molecule has 0 saturated carbocycles. The van der Waals surface area contributed by atoms with Crippen LogP contribution in [0, 0.1) is 0 Å². The second-order valence-corrected chi connectivity index (χ2v) is 4.54. The molecule has 2 aromatic rings. The Morgan fingerprint density at radius 1 is 1.05 bits per heavy atom. The third kappa shape index (κ3) is 4.53. The maximum Gasteiger partial charge on any atom is 0.345 e. The van der Waals surface area contributed by atoms with Crippen molar-refractivity contribution in [3.05, 3.63) is 60.2 Å². The summed E-state index contributed by atoms with van der Waals surface area (Å²) in [6.07, 6.45) is -0.610. The topological polar surface area (TPSA) is 55.8 Å². The fraction of sp³-hybridized carbons (Fsp3) is 0.235. The van der Waals surface area contributed by atoms with Crippen LogP contribution in [-0.2, 0) is 11.2 Å². The average Bonchev–Trinajstić information content (AvgIpc) is 2.50. The van der Waals surface area contributed by atoms with Crippen molar-refractivity contribution in [3.63, 3.8) is 0 Å². The molecule has 2 rings (SSSR count). The number of para-hydroxylation sites is 1. The van der Waals surface area contributed by atoms with Crippen LogP contribution in [-0.4, -0.2) is 23.8 Å². The number of carbonyl (C=O) groups is 1. The summed E-state index contributed by atoms with van der Waals surface area (Å²) in [5.74, 6) is 0.348. The number of carboxylic acid groups (broad SMARTS) is 1. The van der Waals surface area contributed by atoms with Crippen LogP contribution in [0.5, 0.6) is 11.5 Å². The molecule has 1 N–H and O–H groups in total. The van der Waals surface area contributed by atoms with Crippen molar-refractivity contribution in [1.82, 2.24) is 0 Å². The minimum atomic E-state index is -0.979. The number of ether oxygens (including phenoxy) is 2. The molecule has 21 heavy (non-hydrogen) atoms. The summed E-state index contributed by atoms with van der Waals surface area (Å²) in [4.78, 5) is 11.3.